The van der Waals surface area contributed by atoms with Crippen LogP contribution in [0.5, 0.6) is 0 Å². The van der Waals surface area contributed by atoms with Crippen molar-refractivity contribution in [3.8, 4) is 11.3 Å². The normalized spacial score (nSPS) is 11.0. The monoisotopic (exact) mass is 392 g/mol. The van der Waals surface area contributed by atoms with Crippen molar-refractivity contribution in [2.75, 3.05) is 5.32 Å². The number of hydrogen-bond acceptors (Lipinski definition) is 5. The average molecular weight is 392 g/mol. The van der Waals surface area contributed by atoms with Gasteiger partial charge >= 0.3 is 0 Å². The van der Waals surface area contributed by atoms with Gasteiger partial charge in [-0.3, -0.25) is 9.59 Å². The summed E-state index contributed by atoms with van der Waals surface area (Å²) < 4.78 is 24.2. The molecule has 4 rings (SSSR count). The number of carbonyl (C=O) groups excluding carboxylic acids is 2. The van der Waals surface area contributed by atoms with E-state index in [-0.39, 0.29) is 36.1 Å². The lowest BCUT2D eigenvalue weighted by atomic mass is 10.2. The zero-order valence-electron chi connectivity index (χ0n) is 15.6. The molecule has 6 nitrogen and oxygen atoms in total. The van der Waals surface area contributed by atoms with Gasteiger partial charge in [-0.2, -0.15) is 0 Å². The number of fused-ring (bicyclic) bond motifs is 1. The summed E-state index contributed by atoms with van der Waals surface area (Å²) in [5.74, 6) is 0.119. The molecule has 29 heavy (non-hydrogen) atoms. The molecule has 0 aliphatic heterocycles. The highest BCUT2D eigenvalue weighted by Crippen LogP contribution is 2.31. The summed E-state index contributed by atoms with van der Waals surface area (Å²) in [6.07, 6.45) is 1.93. The van der Waals surface area contributed by atoms with Crippen LogP contribution in [0.3, 0.4) is 0 Å². The number of carbonyl (C=O) groups is 2. The van der Waals surface area contributed by atoms with Gasteiger partial charge in [-0.15, -0.1) is 0 Å². The van der Waals surface area contributed by atoms with E-state index in [1.807, 2.05) is 0 Å². The Labute approximate surface area is 165 Å². The van der Waals surface area contributed by atoms with Gasteiger partial charge in [0.15, 0.2) is 23.2 Å². The second-order valence-electron chi connectivity index (χ2n) is 6.53. The molecule has 4 aromatic rings. The highest BCUT2D eigenvalue weighted by Gasteiger charge is 2.19. The number of nitrogens with one attached hydrogen (secondary N) is 1. The Morgan fingerprint density at radius 2 is 1.83 bits per heavy atom. The number of hydrogen-bond donors (Lipinski definition) is 1. The van der Waals surface area contributed by atoms with Crippen LogP contribution < -0.4 is 5.32 Å². The minimum atomic E-state index is -0.332. The van der Waals surface area contributed by atoms with Crippen LogP contribution in [0, 0.1) is 5.82 Å². The lowest BCUT2D eigenvalue weighted by molar-refractivity contribution is -0.116. The molecule has 2 aromatic carbocycles. The van der Waals surface area contributed by atoms with Gasteiger partial charge in [0.05, 0.1) is 11.9 Å². The average Bonchev–Trinajstić information content (AvgIpc) is 3.32. The van der Waals surface area contributed by atoms with Crippen molar-refractivity contribution < 1.29 is 22.8 Å². The van der Waals surface area contributed by atoms with E-state index < -0.39 is 0 Å². The quantitative estimate of drug-likeness (QED) is 0.467. The van der Waals surface area contributed by atoms with E-state index >= 15 is 0 Å². The summed E-state index contributed by atoms with van der Waals surface area (Å²) in [5.41, 5.74) is 1.60. The highest BCUT2D eigenvalue weighted by molar-refractivity contribution is 6.10. The minimum Gasteiger partial charge on any atom is -0.451 e. The molecule has 2 aromatic heterocycles. The van der Waals surface area contributed by atoms with E-state index in [2.05, 4.69) is 10.3 Å². The lowest BCUT2D eigenvalue weighted by Gasteiger charge is -2.04. The van der Waals surface area contributed by atoms with Crippen molar-refractivity contribution in [1.29, 1.82) is 0 Å². The summed E-state index contributed by atoms with van der Waals surface area (Å²) >= 11 is 0. The van der Waals surface area contributed by atoms with Gasteiger partial charge in [-0.1, -0.05) is 12.1 Å². The Bertz CT molecular complexity index is 1190. The van der Waals surface area contributed by atoms with Gasteiger partial charge in [-0.25, -0.2) is 9.37 Å². The van der Waals surface area contributed by atoms with Gasteiger partial charge in [-0.05, 0) is 36.4 Å². The molecule has 0 atom stereocenters. The van der Waals surface area contributed by atoms with Gasteiger partial charge in [0.25, 0.3) is 0 Å². The van der Waals surface area contributed by atoms with E-state index in [1.54, 1.807) is 36.4 Å². The SMILES string of the molecule is CC(=O)c1oc2ccccc2c1NC(=O)CCc1ncc(-c2ccc(F)cc2)o1. The number of furan rings is 1. The number of aryl methyl sites for hydroxylation is 1. The number of nitrogens with zero attached hydrogens (tertiary/aromatic N) is 1. The number of rotatable bonds is 6. The first-order valence-corrected chi connectivity index (χ1v) is 9.04. The zero-order chi connectivity index (χ0) is 20.4. The fraction of sp³-hybridized carbons (Fsp3) is 0.136. The Balaban J connectivity index is 1.45. The number of para-hydroxylation sites is 1. The molecule has 0 radical (unpaired) electrons. The first-order chi connectivity index (χ1) is 14.0. The summed E-state index contributed by atoms with van der Waals surface area (Å²) in [6, 6.07) is 13.0. The Kier molecular flexibility index (Phi) is 4.95. The van der Waals surface area contributed by atoms with Crippen molar-refractivity contribution in [3.63, 3.8) is 0 Å². The van der Waals surface area contributed by atoms with E-state index in [1.165, 1.54) is 25.3 Å². The predicted octanol–water partition coefficient (Wildman–Crippen LogP) is 5.00. The van der Waals surface area contributed by atoms with Gasteiger partial charge < -0.3 is 14.2 Å². The molecule has 2 heterocycles. The second-order valence-corrected chi connectivity index (χ2v) is 6.53. The Morgan fingerprint density at radius 1 is 1.07 bits per heavy atom. The maximum absolute atomic E-state index is 13.0. The van der Waals surface area contributed by atoms with Crippen molar-refractivity contribution in [2.45, 2.75) is 19.8 Å². The maximum Gasteiger partial charge on any atom is 0.225 e. The second kappa shape index (κ2) is 7.71. The maximum atomic E-state index is 13.0. The molecule has 0 saturated carbocycles. The van der Waals surface area contributed by atoms with Crippen LogP contribution in [0.1, 0.15) is 29.8 Å². The number of aromatic nitrogens is 1. The fourth-order valence-corrected chi connectivity index (χ4v) is 3.01. The van der Waals surface area contributed by atoms with Crippen LogP contribution in [-0.4, -0.2) is 16.7 Å². The van der Waals surface area contributed by atoms with Crippen molar-refractivity contribution in [3.05, 3.63) is 72.2 Å². The fourth-order valence-electron chi connectivity index (χ4n) is 3.01. The molecule has 0 saturated heterocycles. The van der Waals surface area contributed by atoms with E-state index in [9.17, 15) is 14.0 Å². The molecule has 1 amide bonds. The third-order valence-electron chi connectivity index (χ3n) is 4.43. The van der Waals surface area contributed by atoms with Crippen LogP contribution in [0.2, 0.25) is 0 Å². The summed E-state index contributed by atoms with van der Waals surface area (Å²) in [6.45, 7) is 1.39. The van der Waals surface area contributed by atoms with Crippen LogP contribution >= 0.6 is 0 Å². The number of oxazole rings is 1. The molecule has 146 valence electrons. The Morgan fingerprint density at radius 3 is 2.59 bits per heavy atom. The van der Waals surface area contributed by atoms with Crippen LogP contribution in [-0.2, 0) is 11.2 Å². The molecule has 7 heteroatoms. The first-order valence-electron chi connectivity index (χ1n) is 9.04. The predicted molar refractivity (Wildman–Crippen MR) is 105 cm³/mol. The molecule has 1 N–H and O–H groups in total. The van der Waals surface area contributed by atoms with Crippen LogP contribution in [0.25, 0.3) is 22.3 Å². The summed E-state index contributed by atoms with van der Waals surface area (Å²) in [7, 11) is 0. The third kappa shape index (κ3) is 3.94. The standard InChI is InChI=1S/C22H17FN2O4/c1-13(26)22-21(16-4-2-3-5-17(16)29-22)25-19(27)10-11-20-24-12-18(28-20)14-6-8-15(23)9-7-14/h2-9,12H,10-11H2,1H3,(H,25,27). The number of anilines is 1. The van der Waals surface area contributed by atoms with E-state index in [0.717, 1.165) is 0 Å². The van der Waals surface area contributed by atoms with Gasteiger partial charge in [0, 0.05) is 30.7 Å². The van der Waals surface area contributed by atoms with E-state index in [0.29, 0.717) is 33.9 Å². The largest absolute Gasteiger partial charge is 0.451 e. The van der Waals surface area contributed by atoms with Crippen molar-refractivity contribution in [1.82, 2.24) is 4.98 Å². The smallest absolute Gasteiger partial charge is 0.225 e. The summed E-state index contributed by atoms with van der Waals surface area (Å²) in [5, 5.41) is 3.43. The first kappa shape index (κ1) is 18.6. The molecule has 0 unspecified atom stereocenters. The number of halogens is 1. The van der Waals surface area contributed by atoms with Crippen molar-refractivity contribution in [2.24, 2.45) is 0 Å². The van der Waals surface area contributed by atoms with E-state index in [4.69, 9.17) is 8.83 Å². The molecule has 0 fully saturated rings. The number of amides is 1. The number of Topliss-reactive ketones (excluding diaryl/α,β-unsaturated/α-hetero) is 1. The number of benzene rings is 2. The van der Waals surface area contributed by atoms with Gasteiger partial charge in [0.2, 0.25) is 5.91 Å². The highest BCUT2D eigenvalue weighted by atomic mass is 19.1. The van der Waals surface area contributed by atoms with Gasteiger partial charge in [0.1, 0.15) is 11.4 Å². The third-order valence-corrected chi connectivity index (χ3v) is 4.43. The Hall–Kier alpha value is -3.74. The molecule has 0 aliphatic rings. The lowest BCUT2D eigenvalue weighted by Crippen LogP contribution is -2.14. The van der Waals surface area contributed by atoms with Crippen LogP contribution in [0.15, 0.2) is 63.6 Å². The zero-order valence-corrected chi connectivity index (χ0v) is 15.6. The topological polar surface area (TPSA) is 85.3 Å². The summed E-state index contributed by atoms with van der Waals surface area (Å²) in [4.78, 5) is 28.5. The molecule has 0 aliphatic carbocycles. The molecular weight excluding hydrogens is 375 g/mol. The minimum absolute atomic E-state index is 0.111. The van der Waals surface area contributed by atoms with Crippen LogP contribution in [0.4, 0.5) is 10.1 Å². The molecular formula is C22H17FN2O4. The van der Waals surface area contributed by atoms with Crippen molar-refractivity contribution >= 4 is 28.3 Å². The molecule has 0 bridgehead atoms. The number of ketones is 1. The molecule has 0 spiro atoms.